The molecule has 0 radical (unpaired) electrons. The lowest BCUT2D eigenvalue weighted by molar-refractivity contribution is 0.258. The summed E-state index contributed by atoms with van der Waals surface area (Å²) >= 11 is 6.05. The van der Waals surface area contributed by atoms with Gasteiger partial charge in [0.05, 0.1) is 11.3 Å². The van der Waals surface area contributed by atoms with E-state index in [9.17, 15) is 5.26 Å². The molecule has 1 atom stereocenters. The summed E-state index contributed by atoms with van der Waals surface area (Å²) < 4.78 is 0. The number of nitriles is 1. The molecule has 0 aromatic heterocycles. The van der Waals surface area contributed by atoms with Crippen LogP contribution in [0.15, 0.2) is 18.2 Å². The highest BCUT2D eigenvalue weighted by atomic mass is 35.5. The second-order valence-electron chi connectivity index (χ2n) is 4.98. The van der Waals surface area contributed by atoms with Gasteiger partial charge in [-0.1, -0.05) is 11.6 Å². The number of likely N-dealkylation sites (N-methyl/N-ethyl adjacent to an activating group) is 1. The van der Waals surface area contributed by atoms with Gasteiger partial charge in [-0.25, -0.2) is 0 Å². The summed E-state index contributed by atoms with van der Waals surface area (Å²) in [7, 11) is 4.22. The number of piperidine rings is 1. The van der Waals surface area contributed by atoms with Gasteiger partial charge in [-0.05, 0) is 45.1 Å². The third-order valence-electron chi connectivity index (χ3n) is 3.55. The highest BCUT2D eigenvalue weighted by Gasteiger charge is 2.23. The maximum atomic E-state index is 9.18. The van der Waals surface area contributed by atoms with Gasteiger partial charge in [-0.2, -0.15) is 5.26 Å². The fourth-order valence-corrected chi connectivity index (χ4v) is 2.62. The second-order valence-corrected chi connectivity index (χ2v) is 5.42. The third-order valence-corrected chi connectivity index (χ3v) is 3.78. The molecule has 1 aliphatic heterocycles. The smallest absolute Gasteiger partial charge is 0.101 e. The van der Waals surface area contributed by atoms with Crippen LogP contribution in [0.3, 0.4) is 0 Å². The number of anilines is 1. The van der Waals surface area contributed by atoms with Crippen molar-refractivity contribution in [2.45, 2.75) is 18.9 Å². The van der Waals surface area contributed by atoms with Crippen LogP contribution < -0.4 is 4.90 Å². The summed E-state index contributed by atoms with van der Waals surface area (Å²) in [5.74, 6) is 0. The molecule has 1 saturated heterocycles. The number of benzene rings is 1. The Labute approximate surface area is 114 Å². The van der Waals surface area contributed by atoms with E-state index in [1.54, 1.807) is 12.1 Å². The zero-order chi connectivity index (χ0) is 13.1. The molecule has 1 unspecified atom stereocenters. The van der Waals surface area contributed by atoms with E-state index < -0.39 is 0 Å². The number of nitrogens with zero attached hydrogens (tertiary/aromatic N) is 3. The Hall–Kier alpha value is -1.24. The fourth-order valence-electron chi connectivity index (χ4n) is 2.46. The van der Waals surface area contributed by atoms with Crippen molar-refractivity contribution in [1.29, 1.82) is 5.26 Å². The standard InChI is InChI=1S/C14H18ClN3/c1-17(2)13-4-3-7-18(10-13)14-8-12(15)6-5-11(14)9-16/h5-6,8,13H,3-4,7,10H2,1-2H3. The predicted octanol–water partition coefficient (Wildman–Crippen LogP) is 2.74. The van der Waals surface area contributed by atoms with Crippen molar-refractivity contribution in [3.05, 3.63) is 28.8 Å². The molecule has 1 aliphatic rings. The number of rotatable bonds is 2. The van der Waals surface area contributed by atoms with Crippen LogP contribution in [0.5, 0.6) is 0 Å². The summed E-state index contributed by atoms with van der Waals surface area (Å²) in [5.41, 5.74) is 1.68. The average molecular weight is 264 g/mol. The van der Waals surface area contributed by atoms with Gasteiger partial charge in [0.15, 0.2) is 0 Å². The summed E-state index contributed by atoms with van der Waals surface area (Å²) in [6.45, 7) is 1.96. The van der Waals surface area contributed by atoms with Gasteiger partial charge in [0, 0.05) is 24.2 Å². The molecular formula is C14H18ClN3. The van der Waals surface area contributed by atoms with E-state index in [0.717, 1.165) is 25.2 Å². The molecule has 96 valence electrons. The first kappa shape index (κ1) is 13.2. The van der Waals surface area contributed by atoms with Gasteiger partial charge >= 0.3 is 0 Å². The van der Waals surface area contributed by atoms with Crippen LogP contribution >= 0.6 is 11.6 Å². The van der Waals surface area contributed by atoms with E-state index >= 15 is 0 Å². The van der Waals surface area contributed by atoms with Crippen LogP contribution in [-0.2, 0) is 0 Å². The Morgan fingerprint density at radius 2 is 2.22 bits per heavy atom. The fraction of sp³-hybridized carbons (Fsp3) is 0.500. The lowest BCUT2D eigenvalue weighted by Gasteiger charge is -2.37. The topological polar surface area (TPSA) is 30.3 Å². The van der Waals surface area contributed by atoms with Crippen molar-refractivity contribution < 1.29 is 0 Å². The van der Waals surface area contributed by atoms with Crippen LogP contribution in [0.1, 0.15) is 18.4 Å². The van der Waals surface area contributed by atoms with Crippen molar-refractivity contribution in [2.75, 3.05) is 32.1 Å². The van der Waals surface area contributed by atoms with Crippen molar-refractivity contribution in [3.8, 4) is 6.07 Å². The van der Waals surface area contributed by atoms with Gasteiger partial charge < -0.3 is 9.80 Å². The first-order valence-electron chi connectivity index (χ1n) is 6.23. The van der Waals surface area contributed by atoms with Gasteiger partial charge in [-0.15, -0.1) is 0 Å². The zero-order valence-corrected chi connectivity index (χ0v) is 11.6. The minimum Gasteiger partial charge on any atom is -0.369 e. The highest BCUT2D eigenvalue weighted by molar-refractivity contribution is 6.30. The maximum Gasteiger partial charge on any atom is 0.101 e. The minimum atomic E-state index is 0.546. The van der Waals surface area contributed by atoms with Crippen LogP contribution in [0, 0.1) is 11.3 Å². The van der Waals surface area contributed by atoms with Crippen molar-refractivity contribution in [3.63, 3.8) is 0 Å². The van der Waals surface area contributed by atoms with E-state index in [1.807, 2.05) is 6.07 Å². The summed E-state index contributed by atoms with van der Waals surface area (Å²) in [5, 5.41) is 9.88. The molecule has 4 heteroatoms. The van der Waals surface area contributed by atoms with Crippen LogP contribution in [0.4, 0.5) is 5.69 Å². The quantitative estimate of drug-likeness (QED) is 0.822. The Morgan fingerprint density at radius 3 is 2.89 bits per heavy atom. The molecule has 3 nitrogen and oxygen atoms in total. The lowest BCUT2D eigenvalue weighted by atomic mass is 10.0. The van der Waals surface area contributed by atoms with E-state index in [1.165, 1.54) is 6.42 Å². The molecule has 0 aliphatic carbocycles. The molecule has 18 heavy (non-hydrogen) atoms. The molecule has 1 aromatic carbocycles. The molecule has 2 rings (SSSR count). The Morgan fingerprint density at radius 1 is 1.44 bits per heavy atom. The molecule has 0 amide bonds. The second kappa shape index (κ2) is 5.60. The number of hydrogen-bond acceptors (Lipinski definition) is 3. The Balaban J connectivity index is 2.25. The van der Waals surface area contributed by atoms with Gasteiger partial charge in [0.1, 0.15) is 6.07 Å². The zero-order valence-electron chi connectivity index (χ0n) is 10.9. The SMILES string of the molecule is CN(C)C1CCCN(c2cc(Cl)ccc2C#N)C1. The molecule has 0 spiro atoms. The largest absolute Gasteiger partial charge is 0.369 e. The highest BCUT2D eigenvalue weighted by Crippen LogP contribution is 2.27. The van der Waals surface area contributed by atoms with Gasteiger partial charge in [0.2, 0.25) is 0 Å². The van der Waals surface area contributed by atoms with Gasteiger partial charge in [-0.3, -0.25) is 0 Å². The predicted molar refractivity (Wildman–Crippen MR) is 75.1 cm³/mol. The monoisotopic (exact) mass is 263 g/mol. The molecular weight excluding hydrogens is 246 g/mol. The van der Waals surface area contributed by atoms with Crippen molar-refractivity contribution >= 4 is 17.3 Å². The van der Waals surface area contributed by atoms with Crippen LogP contribution in [-0.4, -0.2) is 38.1 Å². The average Bonchev–Trinajstić information content (AvgIpc) is 2.39. The number of hydrogen-bond donors (Lipinski definition) is 0. The molecule has 0 saturated carbocycles. The number of halogens is 1. The Bertz CT molecular complexity index is 465. The van der Waals surface area contributed by atoms with E-state index in [4.69, 9.17) is 11.6 Å². The van der Waals surface area contributed by atoms with E-state index in [0.29, 0.717) is 16.6 Å². The van der Waals surface area contributed by atoms with Crippen LogP contribution in [0.2, 0.25) is 5.02 Å². The molecule has 0 N–H and O–H groups in total. The van der Waals surface area contributed by atoms with E-state index in [2.05, 4.69) is 30.0 Å². The van der Waals surface area contributed by atoms with Gasteiger partial charge in [0.25, 0.3) is 0 Å². The molecule has 1 heterocycles. The van der Waals surface area contributed by atoms with Crippen molar-refractivity contribution in [1.82, 2.24) is 4.90 Å². The summed E-state index contributed by atoms with van der Waals surface area (Å²) in [6, 6.07) is 8.27. The van der Waals surface area contributed by atoms with E-state index in [-0.39, 0.29) is 0 Å². The van der Waals surface area contributed by atoms with Crippen LogP contribution in [0.25, 0.3) is 0 Å². The third kappa shape index (κ3) is 2.77. The normalized spacial score (nSPS) is 19.9. The molecule has 0 bridgehead atoms. The Kier molecular flexibility index (Phi) is 4.11. The molecule has 1 aromatic rings. The van der Waals surface area contributed by atoms with Crippen molar-refractivity contribution in [2.24, 2.45) is 0 Å². The summed E-state index contributed by atoms with van der Waals surface area (Å²) in [4.78, 5) is 4.53. The first-order valence-corrected chi connectivity index (χ1v) is 6.60. The summed E-state index contributed by atoms with van der Waals surface area (Å²) in [6.07, 6.45) is 2.37. The molecule has 1 fully saturated rings. The lowest BCUT2D eigenvalue weighted by Crippen LogP contribution is -2.45. The first-order chi connectivity index (χ1) is 8.61. The minimum absolute atomic E-state index is 0.546. The maximum absolute atomic E-state index is 9.18.